The van der Waals surface area contributed by atoms with E-state index in [0.29, 0.717) is 24.7 Å². The molecular weight excluding hydrogens is 248 g/mol. The van der Waals surface area contributed by atoms with E-state index in [9.17, 15) is 5.11 Å². The molecule has 0 bridgehead atoms. The van der Waals surface area contributed by atoms with Crippen LogP contribution < -0.4 is 5.32 Å². The van der Waals surface area contributed by atoms with Gasteiger partial charge in [-0.25, -0.2) is 0 Å². The van der Waals surface area contributed by atoms with E-state index in [1.165, 1.54) is 32.1 Å². The first-order valence-electron chi connectivity index (χ1n) is 8.56. The van der Waals surface area contributed by atoms with Crippen LogP contribution in [0.2, 0.25) is 0 Å². The topological polar surface area (TPSA) is 35.5 Å². The van der Waals surface area contributed by atoms with Gasteiger partial charge >= 0.3 is 0 Å². The molecule has 118 valence electrons. The molecule has 0 aromatic heterocycles. The predicted molar refractivity (Wildman–Crippen MR) is 84.9 cm³/mol. The van der Waals surface area contributed by atoms with Gasteiger partial charge in [0.05, 0.1) is 6.61 Å². The largest absolute Gasteiger partial charge is 0.394 e. The summed E-state index contributed by atoms with van der Waals surface area (Å²) in [5.74, 6) is 0.753. The molecule has 2 aliphatic carbocycles. The molecule has 0 radical (unpaired) electrons. The standard InChI is InChI=1S/C17H34N2O/c1-13(2)10-14(3)19(4)16-6-5-9-17(11-16,12-20)18-15-7-8-15/h13-16,18,20H,5-12H2,1-4H3. The lowest BCUT2D eigenvalue weighted by atomic mass is 9.78. The van der Waals surface area contributed by atoms with E-state index >= 15 is 0 Å². The van der Waals surface area contributed by atoms with Crippen molar-refractivity contribution in [3.8, 4) is 0 Å². The molecule has 3 nitrogen and oxygen atoms in total. The third-order valence-electron chi connectivity index (χ3n) is 5.29. The maximum Gasteiger partial charge on any atom is 0.0613 e. The highest BCUT2D eigenvalue weighted by molar-refractivity contribution is 5.00. The van der Waals surface area contributed by atoms with Crippen LogP contribution in [-0.2, 0) is 0 Å². The first-order valence-corrected chi connectivity index (χ1v) is 8.56. The quantitative estimate of drug-likeness (QED) is 0.754. The summed E-state index contributed by atoms with van der Waals surface area (Å²) in [4.78, 5) is 2.57. The van der Waals surface area contributed by atoms with Gasteiger partial charge < -0.3 is 15.3 Å². The fraction of sp³-hybridized carbons (Fsp3) is 1.00. The summed E-state index contributed by atoms with van der Waals surface area (Å²) in [5, 5.41) is 13.7. The summed E-state index contributed by atoms with van der Waals surface area (Å²) in [7, 11) is 2.28. The third kappa shape index (κ3) is 4.19. The van der Waals surface area contributed by atoms with Crippen LogP contribution >= 0.6 is 0 Å². The number of rotatable bonds is 7. The summed E-state index contributed by atoms with van der Waals surface area (Å²) in [6, 6.07) is 1.94. The second-order valence-electron chi connectivity index (χ2n) is 7.75. The molecular formula is C17H34N2O. The monoisotopic (exact) mass is 282 g/mol. The van der Waals surface area contributed by atoms with Crippen LogP contribution in [0.25, 0.3) is 0 Å². The van der Waals surface area contributed by atoms with Crippen LogP contribution in [0.5, 0.6) is 0 Å². The summed E-state index contributed by atoms with van der Waals surface area (Å²) < 4.78 is 0. The van der Waals surface area contributed by atoms with Gasteiger partial charge in [0.15, 0.2) is 0 Å². The molecule has 2 aliphatic rings. The molecule has 0 amide bonds. The van der Waals surface area contributed by atoms with Gasteiger partial charge in [-0.15, -0.1) is 0 Å². The minimum atomic E-state index is -0.00407. The zero-order valence-electron chi connectivity index (χ0n) is 13.9. The van der Waals surface area contributed by atoms with Crippen molar-refractivity contribution < 1.29 is 5.11 Å². The molecule has 2 fully saturated rings. The van der Waals surface area contributed by atoms with Crippen molar-refractivity contribution in [2.75, 3.05) is 13.7 Å². The van der Waals surface area contributed by atoms with E-state index in [2.05, 4.69) is 38.0 Å². The van der Waals surface area contributed by atoms with E-state index in [0.717, 1.165) is 18.8 Å². The molecule has 0 saturated heterocycles. The van der Waals surface area contributed by atoms with Crippen molar-refractivity contribution in [1.82, 2.24) is 10.2 Å². The Morgan fingerprint density at radius 2 is 1.95 bits per heavy atom. The Morgan fingerprint density at radius 3 is 2.50 bits per heavy atom. The summed E-state index contributed by atoms with van der Waals surface area (Å²) >= 11 is 0. The van der Waals surface area contributed by atoms with Crippen molar-refractivity contribution in [2.45, 2.75) is 89.4 Å². The SMILES string of the molecule is CC(C)CC(C)N(C)C1CCCC(CO)(NC2CC2)C1. The van der Waals surface area contributed by atoms with E-state index < -0.39 is 0 Å². The van der Waals surface area contributed by atoms with Crippen LogP contribution in [-0.4, -0.2) is 47.3 Å². The van der Waals surface area contributed by atoms with Crippen molar-refractivity contribution in [1.29, 1.82) is 0 Å². The lowest BCUT2D eigenvalue weighted by molar-refractivity contribution is 0.0505. The molecule has 0 aromatic carbocycles. The van der Waals surface area contributed by atoms with Gasteiger partial charge in [0, 0.05) is 23.7 Å². The molecule has 0 spiro atoms. The van der Waals surface area contributed by atoms with Crippen LogP contribution in [0.1, 0.15) is 65.7 Å². The zero-order valence-corrected chi connectivity index (χ0v) is 13.9. The lowest BCUT2D eigenvalue weighted by Gasteiger charge is -2.45. The van der Waals surface area contributed by atoms with Crippen molar-refractivity contribution in [3.05, 3.63) is 0 Å². The van der Waals surface area contributed by atoms with Crippen LogP contribution in [0.4, 0.5) is 0 Å². The second kappa shape index (κ2) is 6.76. The number of hydrogen-bond acceptors (Lipinski definition) is 3. The molecule has 0 aliphatic heterocycles. The van der Waals surface area contributed by atoms with Gasteiger partial charge in [0.1, 0.15) is 0 Å². The number of aliphatic hydroxyl groups is 1. The van der Waals surface area contributed by atoms with Gasteiger partial charge in [-0.05, 0) is 64.8 Å². The van der Waals surface area contributed by atoms with Gasteiger partial charge in [-0.3, -0.25) is 0 Å². The fourth-order valence-electron chi connectivity index (χ4n) is 3.87. The van der Waals surface area contributed by atoms with Gasteiger partial charge in [0.25, 0.3) is 0 Å². The number of nitrogens with zero attached hydrogens (tertiary/aromatic N) is 1. The van der Waals surface area contributed by atoms with Crippen LogP contribution in [0.15, 0.2) is 0 Å². The highest BCUT2D eigenvalue weighted by Gasteiger charge is 2.41. The molecule has 0 aromatic rings. The maximum atomic E-state index is 9.92. The van der Waals surface area contributed by atoms with E-state index in [1.807, 2.05) is 0 Å². The normalized spacial score (nSPS) is 32.9. The Kier molecular flexibility index (Phi) is 5.49. The Morgan fingerprint density at radius 1 is 1.25 bits per heavy atom. The van der Waals surface area contributed by atoms with Crippen molar-refractivity contribution in [3.63, 3.8) is 0 Å². The number of aliphatic hydroxyl groups excluding tert-OH is 1. The maximum absolute atomic E-state index is 9.92. The average molecular weight is 282 g/mol. The van der Waals surface area contributed by atoms with Gasteiger partial charge in [-0.1, -0.05) is 13.8 Å². The molecule has 2 N–H and O–H groups in total. The molecule has 2 rings (SSSR count). The Labute approximate surface area is 125 Å². The number of hydrogen-bond donors (Lipinski definition) is 2. The van der Waals surface area contributed by atoms with Crippen LogP contribution in [0, 0.1) is 5.92 Å². The molecule has 0 heterocycles. The van der Waals surface area contributed by atoms with E-state index in [1.54, 1.807) is 0 Å². The van der Waals surface area contributed by atoms with E-state index in [4.69, 9.17) is 0 Å². The fourth-order valence-corrected chi connectivity index (χ4v) is 3.87. The Hall–Kier alpha value is -0.120. The van der Waals surface area contributed by atoms with Gasteiger partial charge in [0.2, 0.25) is 0 Å². The molecule has 2 saturated carbocycles. The third-order valence-corrected chi connectivity index (χ3v) is 5.29. The van der Waals surface area contributed by atoms with Gasteiger partial charge in [-0.2, -0.15) is 0 Å². The zero-order chi connectivity index (χ0) is 14.8. The second-order valence-corrected chi connectivity index (χ2v) is 7.75. The average Bonchev–Trinajstić information content (AvgIpc) is 3.21. The first kappa shape index (κ1) is 16.3. The minimum Gasteiger partial charge on any atom is -0.394 e. The van der Waals surface area contributed by atoms with Crippen molar-refractivity contribution in [2.24, 2.45) is 5.92 Å². The Balaban J connectivity index is 1.93. The Bertz CT molecular complexity index is 303. The first-order chi connectivity index (χ1) is 9.46. The van der Waals surface area contributed by atoms with Crippen molar-refractivity contribution >= 4 is 0 Å². The summed E-state index contributed by atoms with van der Waals surface area (Å²) in [5.41, 5.74) is -0.00407. The minimum absolute atomic E-state index is 0.00407. The van der Waals surface area contributed by atoms with E-state index in [-0.39, 0.29) is 5.54 Å². The lowest BCUT2D eigenvalue weighted by Crippen LogP contribution is -2.57. The summed E-state index contributed by atoms with van der Waals surface area (Å²) in [6.45, 7) is 7.26. The molecule has 3 heteroatoms. The summed E-state index contributed by atoms with van der Waals surface area (Å²) in [6.07, 6.45) is 8.63. The highest BCUT2D eigenvalue weighted by Crippen LogP contribution is 2.35. The highest BCUT2D eigenvalue weighted by atomic mass is 16.3. The number of nitrogens with one attached hydrogen (secondary N) is 1. The smallest absolute Gasteiger partial charge is 0.0613 e. The molecule has 3 unspecified atom stereocenters. The predicted octanol–water partition coefficient (Wildman–Crippen LogP) is 2.78. The van der Waals surface area contributed by atoms with Crippen LogP contribution in [0.3, 0.4) is 0 Å². The molecule has 3 atom stereocenters. The molecule has 20 heavy (non-hydrogen) atoms.